The summed E-state index contributed by atoms with van der Waals surface area (Å²) in [4.78, 5) is 5.78. The minimum atomic E-state index is -0.256. The van der Waals surface area contributed by atoms with Crippen LogP contribution in [0.25, 0.3) is 22.4 Å². The number of anilines is 1. The molecule has 1 fully saturated rings. The Bertz CT molecular complexity index is 983. The van der Waals surface area contributed by atoms with Gasteiger partial charge in [0.05, 0.1) is 13.1 Å². The zero-order chi connectivity index (χ0) is 19.3. The third kappa shape index (κ3) is 3.75. The Morgan fingerprint density at radius 1 is 0.857 bits per heavy atom. The summed E-state index contributed by atoms with van der Waals surface area (Å²) in [5.74, 6) is 0.610. The van der Waals surface area contributed by atoms with Crippen molar-refractivity contribution in [2.45, 2.75) is 25.7 Å². The van der Waals surface area contributed by atoms with Crippen molar-refractivity contribution in [3.05, 3.63) is 72.0 Å². The van der Waals surface area contributed by atoms with E-state index < -0.39 is 0 Å². The predicted molar refractivity (Wildman–Crippen MR) is 109 cm³/mol. The van der Waals surface area contributed by atoms with Crippen molar-refractivity contribution in [3.8, 4) is 28.5 Å². The highest BCUT2D eigenvalue weighted by Crippen LogP contribution is 2.32. The van der Waals surface area contributed by atoms with Crippen LogP contribution in [0.3, 0.4) is 0 Å². The molecule has 2 heterocycles. The topological polar surface area (TPSA) is 41.2 Å². The van der Waals surface area contributed by atoms with Gasteiger partial charge in [-0.3, -0.25) is 4.90 Å². The molecular weight excluding hydrogens is 349 g/mol. The van der Waals surface area contributed by atoms with Crippen LogP contribution in [0.2, 0.25) is 0 Å². The number of halogens is 1. The number of aromatic amines is 1. The lowest BCUT2D eigenvalue weighted by Crippen LogP contribution is -2.32. The minimum absolute atomic E-state index is 0.256. The first kappa shape index (κ1) is 18.2. The van der Waals surface area contributed by atoms with Crippen LogP contribution in [-0.2, 0) is 0 Å². The number of hydrogen-bond donors (Lipinski definition) is 0. The number of rotatable bonds is 3. The van der Waals surface area contributed by atoms with Crippen molar-refractivity contribution >= 4 is 5.82 Å². The van der Waals surface area contributed by atoms with Gasteiger partial charge < -0.3 is 0 Å². The zero-order valence-electron chi connectivity index (χ0n) is 15.8. The van der Waals surface area contributed by atoms with Crippen LogP contribution in [0, 0.1) is 17.1 Å². The van der Waals surface area contributed by atoms with E-state index in [0.717, 1.165) is 54.1 Å². The van der Waals surface area contributed by atoms with Crippen LogP contribution < -0.4 is 9.88 Å². The van der Waals surface area contributed by atoms with E-state index in [4.69, 9.17) is 0 Å². The third-order valence-electron chi connectivity index (χ3n) is 5.32. The van der Waals surface area contributed by atoms with Crippen LogP contribution >= 0.6 is 0 Å². The number of nitriles is 1. The van der Waals surface area contributed by atoms with Gasteiger partial charge in [0.1, 0.15) is 23.1 Å². The maximum atomic E-state index is 13.4. The Labute approximate surface area is 165 Å². The molecule has 0 unspecified atom stereocenters. The van der Waals surface area contributed by atoms with Gasteiger partial charge in [-0.2, -0.15) is 5.26 Å². The van der Waals surface area contributed by atoms with Gasteiger partial charge in [-0.15, -0.1) is 0 Å². The fourth-order valence-electron chi connectivity index (χ4n) is 3.85. The van der Waals surface area contributed by atoms with E-state index in [0.29, 0.717) is 5.56 Å². The van der Waals surface area contributed by atoms with Crippen LogP contribution in [0.1, 0.15) is 31.2 Å². The van der Waals surface area contributed by atoms with Crippen LogP contribution in [0.4, 0.5) is 10.2 Å². The molecule has 0 aliphatic carbocycles. The van der Waals surface area contributed by atoms with E-state index in [1.54, 1.807) is 12.1 Å². The number of pyridine rings is 1. The molecule has 28 heavy (non-hydrogen) atoms. The molecular formula is C24H23FN3+. The van der Waals surface area contributed by atoms with Gasteiger partial charge in [0.25, 0.3) is 5.82 Å². The van der Waals surface area contributed by atoms with Crippen LogP contribution in [-0.4, -0.2) is 13.1 Å². The van der Waals surface area contributed by atoms with Crippen molar-refractivity contribution in [1.29, 1.82) is 5.26 Å². The summed E-state index contributed by atoms with van der Waals surface area (Å²) in [5.41, 5.74) is 4.36. The summed E-state index contributed by atoms with van der Waals surface area (Å²) in [6.07, 6.45) is 4.70. The molecule has 0 atom stereocenters. The van der Waals surface area contributed by atoms with Crippen LogP contribution in [0.5, 0.6) is 0 Å². The second kappa shape index (κ2) is 8.22. The average molecular weight is 372 g/mol. The van der Waals surface area contributed by atoms with E-state index in [2.05, 4.69) is 16.0 Å². The van der Waals surface area contributed by atoms with E-state index in [1.165, 1.54) is 25.0 Å². The molecule has 4 heteroatoms. The molecule has 3 nitrogen and oxygen atoms in total. The third-order valence-corrected chi connectivity index (χ3v) is 5.32. The van der Waals surface area contributed by atoms with Gasteiger partial charge >= 0.3 is 0 Å². The van der Waals surface area contributed by atoms with Crippen LogP contribution in [0.15, 0.2) is 60.7 Å². The van der Waals surface area contributed by atoms with E-state index >= 15 is 0 Å². The minimum Gasteiger partial charge on any atom is -0.261 e. The average Bonchev–Trinajstić information content (AvgIpc) is 3.03. The monoisotopic (exact) mass is 372 g/mol. The summed E-state index contributed by atoms with van der Waals surface area (Å²) < 4.78 is 13.4. The molecule has 2 aromatic carbocycles. The summed E-state index contributed by atoms with van der Waals surface area (Å²) >= 11 is 0. The lowest BCUT2D eigenvalue weighted by atomic mass is 9.98. The molecule has 1 aromatic heterocycles. The lowest BCUT2D eigenvalue weighted by Gasteiger charge is -2.18. The van der Waals surface area contributed by atoms with Crippen molar-refractivity contribution in [2.75, 3.05) is 18.0 Å². The molecule has 4 rings (SSSR count). The van der Waals surface area contributed by atoms with Gasteiger partial charge in [0.2, 0.25) is 0 Å². The van der Waals surface area contributed by atoms with Crippen molar-refractivity contribution in [1.82, 2.24) is 0 Å². The highest BCUT2D eigenvalue weighted by Gasteiger charge is 2.26. The first-order valence-electron chi connectivity index (χ1n) is 9.83. The normalized spacial score (nSPS) is 14.4. The number of nitrogens with one attached hydrogen (secondary N) is 1. The predicted octanol–water partition coefficient (Wildman–Crippen LogP) is 5.23. The SMILES string of the molecule is N#Cc1c(-c2ccccc2)cc(-c2ccc(F)cc2)[nH+]c1N1CCCCCC1. The molecule has 1 aliphatic heterocycles. The first-order valence-corrected chi connectivity index (χ1v) is 9.83. The van der Waals surface area contributed by atoms with Crippen molar-refractivity contribution in [3.63, 3.8) is 0 Å². The Kier molecular flexibility index (Phi) is 5.34. The molecule has 0 bridgehead atoms. The van der Waals surface area contributed by atoms with Gasteiger partial charge in [-0.05, 0) is 61.6 Å². The fraction of sp³-hybridized carbons (Fsp3) is 0.250. The molecule has 1 aliphatic rings. The number of aromatic nitrogens is 1. The summed E-state index contributed by atoms with van der Waals surface area (Å²) in [7, 11) is 0. The zero-order valence-corrected chi connectivity index (χ0v) is 15.8. The van der Waals surface area contributed by atoms with E-state index in [1.807, 2.05) is 36.4 Å². The number of benzene rings is 2. The standard InChI is InChI=1S/C24H22FN3/c25-20-12-10-19(11-13-20)23-16-21(18-8-4-3-5-9-18)22(17-26)24(27-23)28-14-6-1-2-7-15-28/h3-5,8-13,16H,1-2,6-7,14-15H2/p+1. The summed E-state index contributed by atoms with van der Waals surface area (Å²) in [5, 5.41) is 10.0. The second-order valence-corrected chi connectivity index (χ2v) is 7.21. The second-order valence-electron chi connectivity index (χ2n) is 7.21. The number of hydrogen-bond acceptors (Lipinski definition) is 2. The molecule has 3 aromatic rings. The van der Waals surface area contributed by atoms with Gasteiger partial charge in [-0.1, -0.05) is 30.3 Å². The summed E-state index contributed by atoms with van der Waals surface area (Å²) in [6, 6.07) is 20.9. The Hall–Kier alpha value is -3.19. The van der Waals surface area contributed by atoms with Gasteiger partial charge in [-0.25, -0.2) is 9.37 Å². The summed E-state index contributed by atoms with van der Waals surface area (Å²) in [6.45, 7) is 1.87. The van der Waals surface area contributed by atoms with Crippen molar-refractivity contribution < 1.29 is 9.37 Å². The van der Waals surface area contributed by atoms with Gasteiger partial charge in [0.15, 0.2) is 0 Å². The quantitative estimate of drug-likeness (QED) is 0.632. The number of H-pyrrole nitrogens is 1. The Morgan fingerprint density at radius 3 is 2.18 bits per heavy atom. The highest BCUT2D eigenvalue weighted by molar-refractivity contribution is 5.78. The molecule has 0 radical (unpaired) electrons. The molecule has 1 N–H and O–H groups in total. The molecule has 1 saturated heterocycles. The number of nitrogens with zero attached hydrogens (tertiary/aromatic N) is 2. The lowest BCUT2D eigenvalue weighted by molar-refractivity contribution is -0.350. The highest BCUT2D eigenvalue weighted by atomic mass is 19.1. The Balaban J connectivity index is 1.91. The Morgan fingerprint density at radius 2 is 1.54 bits per heavy atom. The van der Waals surface area contributed by atoms with Gasteiger partial charge in [0, 0.05) is 11.1 Å². The molecule has 140 valence electrons. The largest absolute Gasteiger partial charge is 0.293 e. The maximum Gasteiger partial charge on any atom is 0.293 e. The van der Waals surface area contributed by atoms with E-state index in [-0.39, 0.29) is 5.82 Å². The van der Waals surface area contributed by atoms with Crippen molar-refractivity contribution in [2.24, 2.45) is 0 Å². The first-order chi connectivity index (χ1) is 13.8. The molecule has 0 saturated carbocycles. The molecule has 0 spiro atoms. The maximum absolute atomic E-state index is 13.4. The molecule has 0 amide bonds. The van der Waals surface area contributed by atoms with E-state index in [9.17, 15) is 9.65 Å². The smallest absolute Gasteiger partial charge is 0.261 e. The fourth-order valence-corrected chi connectivity index (χ4v) is 3.85.